The van der Waals surface area contributed by atoms with E-state index in [0.29, 0.717) is 22.4 Å². The van der Waals surface area contributed by atoms with E-state index in [0.717, 1.165) is 38.8 Å². The van der Waals surface area contributed by atoms with E-state index in [-0.39, 0.29) is 5.92 Å². The van der Waals surface area contributed by atoms with Crippen molar-refractivity contribution in [1.82, 2.24) is 19.6 Å². The second kappa shape index (κ2) is 7.40. The summed E-state index contributed by atoms with van der Waals surface area (Å²) in [5, 5.41) is 7.61. The van der Waals surface area contributed by atoms with Gasteiger partial charge in [0.05, 0.1) is 10.6 Å². The van der Waals surface area contributed by atoms with Crippen molar-refractivity contribution in [3.8, 4) is 23.0 Å². The zero-order valence-corrected chi connectivity index (χ0v) is 18.6. The van der Waals surface area contributed by atoms with E-state index in [1.54, 1.807) is 10.8 Å². The molecule has 0 saturated carbocycles. The third kappa shape index (κ3) is 2.84. The Labute approximate surface area is 200 Å². The van der Waals surface area contributed by atoms with Gasteiger partial charge in [-0.05, 0) is 34.5 Å². The Morgan fingerprint density at radius 2 is 1.59 bits per heavy atom. The lowest BCUT2D eigenvalue weighted by Crippen LogP contribution is -2.15. The number of hydrogen-bond donors (Lipinski definition) is 0. The number of fused-ring (bicyclic) bond motifs is 6. The molecule has 0 saturated heterocycles. The molecule has 6 aromatic rings. The topological polar surface area (TPSA) is 52.3 Å². The minimum atomic E-state index is -0.120. The normalized spacial score (nSPS) is 14.6. The summed E-state index contributed by atoms with van der Waals surface area (Å²) >= 11 is 6.46. The summed E-state index contributed by atoms with van der Waals surface area (Å²) in [6, 6.07) is 30.5. The Morgan fingerprint density at radius 3 is 2.47 bits per heavy atom. The standard InChI is InChI=1S/C28H17ClN4O/c29-21-13-7-6-12-20(21)26-31-27-25-23(18-9-2-1-3-10-18)24-19-11-5-4-8-17(19)14-15-22(24)34-28(25)30-16-33(27)32-26/h1-16,23H. The Balaban J connectivity index is 1.55. The van der Waals surface area contributed by atoms with Crippen molar-refractivity contribution in [2.75, 3.05) is 0 Å². The number of nitrogens with zero attached hydrogens (tertiary/aromatic N) is 4. The van der Waals surface area contributed by atoms with Crippen LogP contribution in [0.15, 0.2) is 97.3 Å². The summed E-state index contributed by atoms with van der Waals surface area (Å²) < 4.78 is 8.08. The van der Waals surface area contributed by atoms with E-state index in [9.17, 15) is 0 Å². The fourth-order valence-corrected chi connectivity index (χ4v) is 5.06. The fourth-order valence-electron chi connectivity index (χ4n) is 4.84. The highest BCUT2D eigenvalue weighted by Gasteiger charge is 2.34. The van der Waals surface area contributed by atoms with Gasteiger partial charge in [0, 0.05) is 17.0 Å². The summed E-state index contributed by atoms with van der Waals surface area (Å²) in [6.45, 7) is 0. The van der Waals surface area contributed by atoms with Crippen LogP contribution < -0.4 is 4.74 Å². The molecule has 6 heteroatoms. The van der Waals surface area contributed by atoms with Gasteiger partial charge in [-0.3, -0.25) is 0 Å². The van der Waals surface area contributed by atoms with Gasteiger partial charge in [-0.25, -0.2) is 14.5 Å². The molecule has 0 aliphatic carbocycles. The highest BCUT2D eigenvalue weighted by Crippen LogP contribution is 2.50. The van der Waals surface area contributed by atoms with Crippen LogP contribution in [0.25, 0.3) is 27.8 Å². The maximum Gasteiger partial charge on any atom is 0.228 e. The van der Waals surface area contributed by atoms with Crippen molar-refractivity contribution in [3.05, 3.63) is 119 Å². The van der Waals surface area contributed by atoms with E-state index in [1.165, 1.54) is 0 Å². The third-order valence-electron chi connectivity index (χ3n) is 6.35. The monoisotopic (exact) mass is 460 g/mol. The molecule has 1 unspecified atom stereocenters. The smallest absolute Gasteiger partial charge is 0.228 e. The summed E-state index contributed by atoms with van der Waals surface area (Å²) in [5.41, 5.74) is 4.62. The highest BCUT2D eigenvalue weighted by atomic mass is 35.5. The van der Waals surface area contributed by atoms with E-state index < -0.39 is 0 Å². The minimum Gasteiger partial charge on any atom is -0.438 e. The van der Waals surface area contributed by atoms with Gasteiger partial charge in [-0.1, -0.05) is 84.4 Å². The highest BCUT2D eigenvalue weighted by molar-refractivity contribution is 6.33. The fraction of sp³-hybridized carbons (Fsp3) is 0.0357. The molecule has 4 aromatic carbocycles. The molecule has 5 nitrogen and oxygen atoms in total. The van der Waals surface area contributed by atoms with Crippen LogP contribution in [0.2, 0.25) is 5.02 Å². The second-order valence-corrected chi connectivity index (χ2v) is 8.70. The number of aromatic nitrogens is 4. The molecule has 0 radical (unpaired) electrons. The van der Waals surface area contributed by atoms with Gasteiger partial charge in [0.15, 0.2) is 11.5 Å². The lowest BCUT2D eigenvalue weighted by molar-refractivity contribution is 0.433. The molecular formula is C28H17ClN4O. The molecule has 7 rings (SSSR count). The molecule has 0 amide bonds. The van der Waals surface area contributed by atoms with Crippen LogP contribution in [0.3, 0.4) is 0 Å². The minimum absolute atomic E-state index is 0.120. The number of halogens is 1. The molecule has 2 aromatic heterocycles. The summed E-state index contributed by atoms with van der Waals surface area (Å²) in [5.74, 6) is 1.78. The molecule has 0 bridgehead atoms. The lowest BCUT2D eigenvalue weighted by Gasteiger charge is -2.29. The average Bonchev–Trinajstić information content (AvgIpc) is 3.32. The van der Waals surface area contributed by atoms with Gasteiger partial charge >= 0.3 is 0 Å². The van der Waals surface area contributed by atoms with Gasteiger partial charge in [0.1, 0.15) is 12.1 Å². The van der Waals surface area contributed by atoms with Crippen LogP contribution in [-0.2, 0) is 0 Å². The molecule has 3 heterocycles. The predicted octanol–water partition coefficient (Wildman–Crippen LogP) is 6.88. The van der Waals surface area contributed by atoms with Gasteiger partial charge in [-0.2, -0.15) is 0 Å². The molecular weight excluding hydrogens is 444 g/mol. The van der Waals surface area contributed by atoms with Crippen molar-refractivity contribution in [2.24, 2.45) is 0 Å². The Kier molecular flexibility index (Phi) is 4.19. The van der Waals surface area contributed by atoms with Crippen molar-refractivity contribution in [1.29, 1.82) is 0 Å². The van der Waals surface area contributed by atoms with Crippen molar-refractivity contribution in [2.45, 2.75) is 5.92 Å². The average molecular weight is 461 g/mol. The van der Waals surface area contributed by atoms with Crippen LogP contribution in [0.1, 0.15) is 22.6 Å². The molecule has 1 atom stereocenters. The Morgan fingerprint density at radius 1 is 0.794 bits per heavy atom. The first-order valence-corrected chi connectivity index (χ1v) is 11.4. The SMILES string of the molecule is Clc1ccccc1-c1nc2c3c(ncn2n1)Oc1ccc2ccccc2c1C3c1ccccc1. The molecule has 1 aliphatic rings. The number of ether oxygens (including phenoxy) is 1. The maximum absolute atomic E-state index is 6.46. The molecule has 34 heavy (non-hydrogen) atoms. The predicted molar refractivity (Wildman–Crippen MR) is 133 cm³/mol. The van der Waals surface area contributed by atoms with Crippen LogP contribution in [0, 0.1) is 0 Å². The van der Waals surface area contributed by atoms with Crippen LogP contribution in [0.4, 0.5) is 0 Å². The zero-order valence-electron chi connectivity index (χ0n) is 17.9. The van der Waals surface area contributed by atoms with E-state index in [4.69, 9.17) is 26.4 Å². The van der Waals surface area contributed by atoms with Crippen LogP contribution >= 0.6 is 11.6 Å². The van der Waals surface area contributed by atoms with Crippen molar-refractivity contribution >= 4 is 28.0 Å². The van der Waals surface area contributed by atoms with E-state index in [1.807, 2.05) is 36.4 Å². The number of rotatable bonds is 2. The second-order valence-electron chi connectivity index (χ2n) is 8.29. The maximum atomic E-state index is 6.46. The first kappa shape index (κ1) is 19.3. The molecule has 162 valence electrons. The summed E-state index contributed by atoms with van der Waals surface area (Å²) in [4.78, 5) is 9.57. The zero-order chi connectivity index (χ0) is 22.6. The van der Waals surface area contributed by atoms with Crippen molar-refractivity contribution < 1.29 is 4.74 Å². The number of hydrogen-bond acceptors (Lipinski definition) is 4. The van der Waals surface area contributed by atoms with Gasteiger partial charge < -0.3 is 4.74 Å². The quantitative estimate of drug-likeness (QED) is 0.282. The summed E-state index contributed by atoms with van der Waals surface area (Å²) in [6.07, 6.45) is 1.65. The molecule has 1 aliphatic heterocycles. The van der Waals surface area contributed by atoms with E-state index in [2.05, 4.69) is 59.6 Å². The molecule has 0 N–H and O–H groups in total. The lowest BCUT2D eigenvalue weighted by atomic mass is 9.81. The summed E-state index contributed by atoms with van der Waals surface area (Å²) in [7, 11) is 0. The number of benzene rings is 4. The first-order chi connectivity index (χ1) is 16.8. The van der Waals surface area contributed by atoms with E-state index >= 15 is 0 Å². The van der Waals surface area contributed by atoms with Crippen LogP contribution in [0.5, 0.6) is 11.6 Å². The third-order valence-corrected chi connectivity index (χ3v) is 6.68. The van der Waals surface area contributed by atoms with Gasteiger partial charge in [0.25, 0.3) is 0 Å². The first-order valence-electron chi connectivity index (χ1n) is 11.0. The molecule has 0 fully saturated rings. The van der Waals surface area contributed by atoms with Gasteiger partial charge in [0.2, 0.25) is 5.88 Å². The Bertz CT molecular complexity index is 1710. The van der Waals surface area contributed by atoms with Crippen LogP contribution in [-0.4, -0.2) is 19.6 Å². The van der Waals surface area contributed by atoms with Crippen molar-refractivity contribution in [3.63, 3.8) is 0 Å². The Hall–Kier alpha value is -4.22. The van der Waals surface area contributed by atoms with Gasteiger partial charge in [-0.15, -0.1) is 5.10 Å². The molecule has 0 spiro atoms. The largest absolute Gasteiger partial charge is 0.438 e.